The third-order valence-electron chi connectivity index (χ3n) is 3.73. The number of rotatable bonds is 6. The maximum absolute atomic E-state index is 10.3. The first kappa shape index (κ1) is 14.1. The van der Waals surface area contributed by atoms with Gasteiger partial charge in [0.1, 0.15) is 5.75 Å². The van der Waals surface area contributed by atoms with Gasteiger partial charge in [0.05, 0.1) is 0 Å². The fourth-order valence-electron chi connectivity index (χ4n) is 2.01. The Morgan fingerprint density at radius 3 is 1.71 bits per heavy atom. The molecule has 0 saturated heterocycles. The van der Waals surface area contributed by atoms with E-state index in [1.807, 2.05) is 0 Å². The summed E-state index contributed by atoms with van der Waals surface area (Å²) in [6, 6.07) is 6.19. The van der Waals surface area contributed by atoms with E-state index in [-0.39, 0.29) is 0 Å². The van der Waals surface area contributed by atoms with E-state index in [2.05, 4.69) is 45.9 Å². The lowest BCUT2D eigenvalue weighted by atomic mass is 9.93. The van der Waals surface area contributed by atoms with Crippen LogP contribution in [0.25, 0.3) is 0 Å². The molecule has 0 spiro atoms. The zero-order chi connectivity index (χ0) is 12.8. The SMILES string of the molecule is CCC(C)Cc1cccc(CC(C)CC)c1O. The Balaban J connectivity index is 2.83. The zero-order valence-corrected chi connectivity index (χ0v) is 11.7. The van der Waals surface area contributed by atoms with Crippen LogP contribution in [-0.4, -0.2) is 5.11 Å². The molecule has 0 aliphatic heterocycles. The molecule has 0 aromatic heterocycles. The lowest BCUT2D eigenvalue weighted by Crippen LogP contribution is -2.02. The van der Waals surface area contributed by atoms with Crippen molar-refractivity contribution in [1.29, 1.82) is 0 Å². The number of aromatic hydroxyl groups is 1. The normalized spacial score (nSPS) is 14.6. The maximum atomic E-state index is 10.3. The van der Waals surface area contributed by atoms with E-state index < -0.39 is 0 Å². The first-order valence-corrected chi connectivity index (χ1v) is 6.88. The monoisotopic (exact) mass is 234 g/mol. The van der Waals surface area contributed by atoms with Crippen molar-refractivity contribution >= 4 is 0 Å². The molecule has 1 nitrogen and oxygen atoms in total. The molecule has 17 heavy (non-hydrogen) atoms. The second-order valence-corrected chi connectivity index (χ2v) is 5.36. The average Bonchev–Trinajstić information content (AvgIpc) is 2.33. The molecule has 96 valence electrons. The summed E-state index contributed by atoms with van der Waals surface area (Å²) in [6.07, 6.45) is 4.29. The van der Waals surface area contributed by atoms with Crippen molar-refractivity contribution in [3.8, 4) is 5.75 Å². The highest BCUT2D eigenvalue weighted by atomic mass is 16.3. The van der Waals surface area contributed by atoms with Crippen molar-refractivity contribution in [1.82, 2.24) is 0 Å². The van der Waals surface area contributed by atoms with E-state index in [4.69, 9.17) is 0 Å². The van der Waals surface area contributed by atoms with Gasteiger partial charge in [-0.05, 0) is 35.8 Å². The Morgan fingerprint density at radius 1 is 0.941 bits per heavy atom. The highest BCUT2D eigenvalue weighted by Crippen LogP contribution is 2.28. The van der Waals surface area contributed by atoms with Gasteiger partial charge in [-0.25, -0.2) is 0 Å². The van der Waals surface area contributed by atoms with E-state index in [1.54, 1.807) is 0 Å². The maximum Gasteiger partial charge on any atom is 0.121 e. The van der Waals surface area contributed by atoms with Gasteiger partial charge in [-0.3, -0.25) is 0 Å². The zero-order valence-electron chi connectivity index (χ0n) is 11.7. The van der Waals surface area contributed by atoms with Gasteiger partial charge in [0.2, 0.25) is 0 Å². The fourth-order valence-corrected chi connectivity index (χ4v) is 2.01. The Hall–Kier alpha value is -0.980. The Labute approximate surface area is 106 Å². The lowest BCUT2D eigenvalue weighted by Gasteiger charge is -2.15. The van der Waals surface area contributed by atoms with Crippen LogP contribution in [0.3, 0.4) is 0 Å². The highest BCUT2D eigenvalue weighted by molar-refractivity contribution is 5.40. The van der Waals surface area contributed by atoms with Crippen LogP contribution in [0.4, 0.5) is 0 Å². The molecule has 1 aromatic carbocycles. The predicted octanol–water partition coefficient (Wildman–Crippen LogP) is 4.57. The Bertz CT molecular complexity index is 313. The molecule has 0 aliphatic carbocycles. The second kappa shape index (κ2) is 6.68. The van der Waals surface area contributed by atoms with Crippen molar-refractivity contribution in [2.45, 2.75) is 53.4 Å². The highest BCUT2D eigenvalue weighted by Gasteiger charge is 2.11. The average molecular weight is 234 g/mol. The number of phenols is 1. The molecular formula is C16H26O. The first-order valence-electron chi connectivity index (χ1n) is 6.88. The number of benzene rings is 1. The van der Waals surface area contributed by atoms with Crippen LogP contribution in [0.15, 0.2) is 18.2 Å². The van der Waals surface area contributed by atoms with Gasteiger partial charge in [-0.2, -0.15) is 0 Å². The summed E-state index contributed by atoms with van der Waals surface area (Å²) < 4.78 is 0. The van der Waals surface area contributed by atoms with Crippen molar-refractivity contribution in [3.05, 3.63) is 29.3 Å². The third-order valence-corrected chi connectivity index (χ3v) is 3.73. The molecule has 1 aromatic rings. The van der Waals surface area contributed by atoms with E-state index >= 15 is 0 Å². The summed E-state index contributed by atoms with van der Waals surface area (Å²) in [5.74, 6) is 1.81. The van der Waals surface area contributed by atoms with Crippen molar-refractivity contribution in [2.75, 3.05) is 0 Å². The van der Waals surface area contributed by atoms with E-state index in [0.29, 0.717) is 17.6 Å². The first-order chi connectivity index (χ1) is 8.08. The molecule has 1 heteroatoms. The van der Waals surface area contributed by atoms with Gasteiger partial charge in [-0.1, -0.05) is 58.7 Å². The smallest absolute Gasteiger partial charge is 0.121 e. The van der Waals surface area contributed by atoms with Gasteiger partial charge in [-0.15, -0.1) is 0 Å². The number of phenolic OH excluding ortho intramolecular Hbond substituents is 1. The van der Waals surface area contributed by atoms with Crippen LogP contribution >= 0.6 is 0 Å². The van der Waals surface area contributed by atoms with Crippen molar-refractivity contribution in [3.63, 3.8) is 0 Å². The Morgan fingerprint density at radius 2 is 1.35 bits per heavy atom. The fraction of sp³-hybridized carbons (Fsp3) is 0.625. The van der Waals surface area contributed by atoms with Gasteiger partial charge in [0.15, 0.2) is 0 Å². The minimum Gasteiger partial charge on any atom is -0.507 e. The number of hydrogen-bond acceptors (Lipinski definition) is 1. The van der Waals surface area contributed by atoms with Crippen molar-refractivity contribution < 1.29 is 5.11 Å². The minimum atomic E-state index is 0.535. The molecular weight excluding hydrogens is 208 g/mol. The van der Waals surface area contributed by atoms with Gasteiger partial charge < -0.3 is 5.11 Å². The summed E-state index contributed by atoms with van der Waals surface area (Å²) >= 11 is 0. The minimum absolute atomic E-state index is 0.535. The quantitative estimate of drug-likeness (QED) is 0.764. The molecule has 0 heterocycles. The Kier molecular flexibility index (Phi) is 5.54. The van der Waals surface area contributed by atoms with Gasteiger partial charge in [0, 0.05) is 0 Å². The van der Waals surface area contributed by atoms with Crippen LogP contribution < -0.4 is 0 Å². The molecule has 0 amide bonds. The van der Waals surface area contributed by atoms with Crippen LogP contribution in [0.2, 0.25) is 0 Å². The summed E-state index contributed by atoms with van der Waals surface area (Å²) in [4.78, 5) is 0. The molecule has 0 saturated carbocycles. The molecule has 1 rings (SSSR count). The molecule has 1 N–H and O–H groups in total. The third kappa shape index (κ3) is 4.07. The topological polar surface area (TPSA) is 20.2 Å². The van der Waals surface area contributed by atoms with Gasteiger partial charge in [0.25, 0.3) is 0 Å². The summed E-state index contributed by atoms with van der Waals surface area (Å²) in [5, 5.41) is 10.3. The second-order valence-electron chi connectivity index (χ2n) is 5.36. The summed E-state index contributed by atoms with van der Waals surface area (Å²) in [5.41, 5.74) is 2.22. The summed E-state index contributed by atoms with van der Waals surface area (Å²) in [7, 11) is 0. The largest absolute Gasteiger partial charge is 0.507 e. The van der Waals surface area contributed by atoms with Crippen LogP contribution in [0, 0.1) is 11.8 Å². The number of hydrogen-bond donors (Lipinski definition) is 1. The predicted molar refractivity (Wildman–Crippen MR) is 74.4 cm³/mol. The van der Waals surface area contributed by atoms with Crippen LogP contribution in [0.5, 0.6) is 5.75 Å². The summed E-state index contributed by atoms with van der Waals surface area (Å²) in [6.45, 7) is 8.87. The molecule has 2 atom stereocenters. The van der Waals surface area contributed by atoms with Crippen LogP contribution in [0.1, 0.15) is 51.7 Å². The molecule has 0 bridgehead atoms. The van der Waals surface area contributed by atoms with Crippen LogP contribution in [-0.2, 0) is 12.8 Å². The van der Waals surface area contributed by atoms with E-state index in [1.165, 1.54) is 0 Å². The molecule has 0 fully saturated rings. The van der Waals surface area contributed by atoms with E-state index in [0.717, 1.165) is 36.8 Å². The van der Waals surface area contributed by atoms with E-state index in [9.17, 15) is 5.11 Å². The molecule has 2 unspecified atom stereocenters. The lowest BCUT2D eigenvalue weighted by molar-refractivity contribution is 0.442. The van der Waals surface area contributed by atoms with Gasteiger partial charge >= 0.3 is 0 Å². The van der Waals surface area contributed by atoms with Crippen molar-refractivity contribution in [2.24, 2.45) is 11.8 Å². The number of para-hydroxylation sites is 1. The molecule has 0 radical (unpaired) electrons. The molecule has 0 aliphatic rings. The standard InChI is InChI=1S/C16H26O/c1-5-12(3)10-14-8-7-9-15(16(14)17)11-13(4)6-2/h7-9,12-13,17H,5-6,10-11H2,1-4H3.